The van der Waals surface area contributed by atoms with Crippen molar-refractivity contribution in [3.05, 3.63) is 59.7 Å². The van der Waals surface area contributed by atoms with Gasteiger partial charge >= 0.3 is 0 Å². The van der Waals surface area contributed by atoms with Gasteiger partial charge in [0, 0.05) is 74.9 Å². The van der Waals surface area contributed by atoms with Gasteiger partial charge < -0.3 is 19.3 Å². The van der Waals surface area contributed by atoms with Gasteiger partial charge in [-0.1, -0.05) is 0 Å². The Morgan fingerprint density at radius 1 is 0.525 bits per heavy atom. The zero-order chi connectivity index (χ0) is 28.3. The lowest BCUT2D eigenvalue weighted by atomic mass is 9.88. The molecule has 3 aliphatic rings. The van der Waals surface area contributed by atoms with E-state index in [0.29, 0.717) is 0 Å². The first-order chi connectivity index (χ1) is 19.2. The third-order valence-corrected chi connectivity index (χ3v) is 8.98. The number of carbonyl (C=O) groups is 2. The lowest BCUT2D eigenvalue weighted by Gasteiger charge is -2.47. The molecular weight excluding hydrogens is 504 g/mol. The molecular formula is C32H44N4O4. The van der Waals surface area contributed by atoms with Crippen molar-refractivity contribution < 1.29 is 19.1 Å². The molecule has 8 nitrogen and oxygen atoms in total. The van der Waals surface area contributed by atoms with Gasteiger partial charge in [0.1, 0.15) is 0 Å². The molecule has 3 fully saturated rings. The second-order valence-electron chi connectivity index (χ2n) is 12.0. The van der Waals surface area contributed by atoms with E-state index in [9.17, 15) is 9.59 Å². The Morgan fingerprint density at radius 2 is 0.825 bits per heavy atom. The molecule has 216 valence electrons. The number of piperazine rings is 1. The Bertz CT molecular complexity index is 1060. The Hall–Kier alpha value is -2.78. The summed E-state index contributed by atoms with van der Waals surface area (Å²) in [7, 11) is 0. The largest absolute Gasteiger partial charge is 0.378 e. The first kappa shape index (κ1) is 28.7. The number of Topliss-reactive ketones (excluding diaryl/α,β-unsaturated/α-hetero) is 2. The van der Waals surface area contributed by atoms with Crippen LogP contribution in [-0.4, -0.2) is 111 Å². The third-order valence-electron chi connectivity index (χ3n) is 8.98. The number of benzene rings is 2. The van der Waals surface area contributed by atoms with Crippen LogP contribution in [0.15, 0.2) is 48.5 Å². The number of anilines is 2. The minimum atomic E-state index is -0.629. The van der Waals surface area contributed by atoms with E-state index in [4.69, 9.17) is 9.47 Å². The Kier molecular flexibility index (Phi) is 8.61. The molecule has 0 radical (unpaired) electrons. The van der Waals surface area contributed by atoms with Crippen molar-refractivity contribution in [1.82, 2.24) is 9.80 Å². The van der Waals surface area contributed by atoms with Crippen molar-refractivity contribution in [2.75, 3.05) is 88.6 Å². The highest BCUT2D eigenvalue weighted by atomic mass is 16.5. The number of ketones is 2. The van der Waals surface area contributed by atoms with E-state index in [-0.39, 0.29) is 11.6 Å². The smallest absolute Gasteiger partial charge is 0.182 e. The molecule has 40 heavy (non-hydrogen) atoms. The number of rotatable bonds is 8. The number of morpholine rings is 2. The maximum atomic E-state index is 13.6. The molecule has 3 saturated heterocycles. The second-order valence-corrected chi connectivity index (χ2v) is 12.0. The Balaban J connectivity index is 1.18. The first-order valence-electron chi connectivity index (χ1n) is 14.6. The normalized spacial score (nSPS) is 20.0. The third kappa shape index (κ3) is 5.96. The molecule has 2 aromatic carbocycles. The summed E-state index contributed by atoms with van der Waals surface area (Å²) in [6.07, 6.45) is 0. The average Bonchev–Trinajstić information content (AvgIpc) is 3.01. The van der Waals surface area contributed by atoms with Crippen molar-refractivity contribution in [3.63, 3.8) is 0 Å². The lowest BCUT2D eigenvalue weighted by molar-refractivity contribution is 0.0133. The summed E-state index contributed by atoms with van der Waals surface area (Å²) in [4.78, 5) is 36.3. The van der Waals surface area contributed by atoms with Crippen LogP contribution in [0.1, 0.15) is 48.4 Å². The standard InChI is InChI=1S/C32H44N4O4/c1-31(2,29(37)25-5-9-27(10-6-25)33-17-21-39-22-18-33)35-13-15-36(16-14-35)32(3,4)30(38)26-7-11-28(12-8-26)34-19-23-40-24-20-34/h5-12H,13-24H2,1-4H3. The number of hydrogen-bond acceptors (Lipinski definition) is 8. The van der Waals surface area contributed by atoms with Crippen molar-refractivity contribution >= 4 is 22.9 Å². The summed E-state index contributed by atoms with van der Waals surface area (Å²) in [5, 5.41) is 0. The minimum absolute atomic E-state index is 0.130. The molecule has 2 aromatic rings. The monoisotopic (exact) mass is 548 g/mol. The van der Waals surface area contributed by atoms with Crippen LogP contribution in [0.25, 0.3) is 0 Å². The molecule has 0 bridgehead atoms. The van der Waals surface area contributed by atoms with Crippen LogP contribution in [0.4, 0.5) is 11.4 Å². The van der Waals surface area contributed by atoms with E-state index in [1.807, 2.05) is 76.2 Å². The van der Waals surface area contributed by atoms with Gasteiger partial charge in [-0.2, -0.15) is 0 Å². The maximum Gasteiger partial charge on any atom is 0.182 e. The van der Waals surface area contributed by atoms with Crippen molar-refractivity contribution in [2.45, 2.75) is 38.8 Å². The van der Waals surface area contributed by atoms with E-state index in [1.165, 1.54) is 0 Å². The fourth-order valence-electron chi connectivity index (χ4n) is 6.11. The quantitative estimate of drug-likeness (QED) is 0.464. The number of carbonyl (C=O) groups excluding carboxylic acids is 2. The topological polar surface area (TPSA) is 65.6 Å². The lowest BCUT2D eigenvalue weighted by Crippen LogP contribution is -2.62. The van der Waals surface area contributed by atoms with E-state index in [1.54, 1.807) is 0 Å². The van der Waals surface area contributed by atoms with Crippen LogP contribution in [0, 0.1) is 0 Å². The highest BCUT2D eigenvalue weighted by Gasteiger charge is 2.41. The molecule has 0 aliphatic carbocycles. The molecule has 0 unspecified atom stereocenters. The molecule has 3 aliphatic heterocycles. The van der Waals surface area contributed by atoms with Crippen molar-refractivity contribution in [3.8, 4) is 0 Å². The van der Waals surface area contributed by atoms with Gasteiger partial charge in [0.15, 0.2) is 11.6 Å². The molecule has 0 spiro atoms. The molecule has 0 saturated carbocycles. The van der Waals surface area contributed by atoms with Gasteiger partial charge in [0.2, 0.25) is 0 Å². The second kappa shape index (κ2) is 12.0. The Morgan fingerprint density at radius 3 is 1.12 bits per heavy atom. The molecule has 0 atom stereocenters. The fraction of sp³-hybridized carbons (Fsp3) is 0.562. The summed E-state index contributed by atoms with van der Waals surface area (Å²) in [6.45, 7) is 17.5. The molecule has 0 aromatic heterocycles. The molecule has 8 heteroatoms. The van der Waals surface area contributed by atoms with E-state index in [2.05, 4.69) is 19.6 Å². The van der Waals surface area contributed by atoms with Crippen molar-refractivity contribution in [1.29, 1.82) is 0 Å². The van der Waals surface area contributed by atoms with E-state index < -0.39 is 11.1 Å². The van der Waals surface area contributed by atoms with Gasteiger partial charge in [0.25, 0.3) is 0 Å². The average molecular weight is 549 g/mol. The van der Waals surface area contributed by atoms with Crippen LogP contribution in [0.2, 0.25) is 0 Å². The van der Waals surface area contributed by atoms with E-state index >= 15 is 0 Å². The van der Waals surface area contributed by atoms with Gasteiger partial charge in [-0.15, -0.1) is 0 Å². The molecule has 0 N–H and O–H groups in total. The molecule has 5 rings (SSSR count). The summed E-state index contributed by atoms with van der Waals surface area (Å²) in [6, 6.07) is 16.0. The van der Waals surface area contributed by atoms with Crippen LogP contribution in [0.5, 0.6) is 0 Å². The summed E-state index contributed by atoms with van der Waals surface area (Å²) in [5.74, 6) is 0.260. The van der Waals surface area contributed by atoms with Crippen LogP contribution in [-0.2, 0) is 9.47 Å². The zero-order valence-corrected chi connectivity index (χ0v) is 24.5. The minimum Gasteiger partial charge on any atom is -0.378 e. The summed E-state index contributed by atoms with van der Waals surface area (Å²) in [5.41, 5.74) is 2.48. The molecule has 0 amide bonds. The fourth-order valence-corrected chi connectivity index (χ4v) is 6.11. The van der Waals surface area contributed by atoms with Crippen molar-refractivity contribution in [2.24, 2.45) is 0 Å². The van der Waals surface area contributed by atoms with Crippen LogP contribution >= 0.6 is 0 Å². The molecule has 3 heterocycles. The van der Waals surface area contributed by atoms with E-state index in [0.717, 1.165) is 101 Å². The highest BCUT2D eigenvalue weighted by Crippen LogP contribution is 2.28. The van der Waals surface area contributed by atoms with Gasteiger partial charge in [-0.05, 0) is 76.2 Å². The maximum absolute atomic E-state index is 13.6. The summed E-state index contributed by atoms with van der Waals surface area (Å²) < 4.78 is 10.9. The predicted octanol–water partition coefficient (Wildman–Crippen LogP) is 3.60. The van der Waals surface area contributed by atoms with Crippen LogP contribution < -0.4 is 9.80 Å². The highest BCUT2D eigenvalue weighted by molar-refractivity contribution is 6.03. The van der Waals surface area contributed by atoms with Crippen LogP contribution in [0.3, 0.4) is 0 Å². The predicted molar refractivity (Wildman–Crippen MR) is 159 cm³/mol. The SMILES string of the molecule is CC(C)(C(=O)c1ccc(N2CCOCC2)cc1)N1CCN(C(C)(C)C(=O)c2ccc(N3CCOCC3)cc2)CC1. The zero-order valence-electron chi connectivity index (χ0n) is 24.5. The number of ether oxygens (including phenoxy) is 2. The number of hydrogen-bond donors (Lipinski definition) is 0. The number of nitrogens with zero attached hydrogens (tertiary/aromatic N) is 4. The Labute approximate surface area is 238 Å². The van der Waals surface area contributed by atoms with Gasteiger partial charge in [-0.25, -0.2) is 0 Å². The van der Waals surface area contributed by atoms with Gasteiger partial charge in [0.05, 0.1) is 37.5 Å². The summed E-state index contributed by atoms with van der Waals surface area (Å²) >= 11 is 0. The first-order valence-corrected chi connectivity index (χ1v) is 14.6. The van der Waals surface area contributed by atoms with Gasteiger partial charge in [-0.3, -0.25) is 19.4 Å².